The van der Waals surface area contributed by atoms with Crippen LogP contribution in [0.25, 0.3) is 0 Å². The highest BCUT2D eigenvalue weighted by Gasteiger charge is 2.36. The lowest BCUT2D eigenvalue weighted by molar-refractivity contribution is -0.137. The number of aryl methyl sites for hydroxylation is 1. The number of benzene rings is 3. The van der Waals surface area contributed by atoms with Crippen LogP contribution in [0.4, 0.5) is 23.2 Å². The van der Waals surface area contributed by atoms with Crippen LogP contribution in [0.5, 0.6) is 0 Å². The van der Waals surface area contributed by atoms with Crippen LogP contribution in [-0.2, 0) is 29.0 Å². The van der Waals surface area contributed by atoms with Crippen molar-refractivity contribution in [1.29, 1.82) is 0 Å². The quantitative estimate of drug-likeness (QED) is 0.309. The Kier molecular flexibility index (Phi) is 6.44. The summed E-state index contributed by atoms with van der Waals surface area (Å²) < 4.78 is 81.1. The molecule has 1 heterocycles. The molecule has 178 valence electrons. The van der Waals surface area contributed by atoms with Crippen molar-refractivity contribution < 1.29 is 30.8 Å². The molecule has 1 aliphatic heterocycles. The fourth-order valence-electron chi connectivity index (χ4n) is 4.00. The van der Waals surface area contributed by atoms with Gasteiger partial charge in [-0.05, 0) is 66.4 Å². The number of alkyl halides is 3. The molecule has 0 saturated heterocycles. The molecule has 1 aliphatic rings. The van der Waals surface area contributed by atoms with E-state index in [1.165, 1.54) is 28.6 Å². The summed E-state index contributed by atoms with van der Waals surface area (Å²) in [5.41, 5.74) is -0.329. The average molecular weight is 512 g/mol. The first-order chi connectivity index (χ1) is 16.0. The van der Waals surface area contributed by atoms with Crippen LogP contribution >= 0.6 is 11.6 Å². The molecule has 0 amide bonds. The van der Waals surface area contributed by atoms with E-state index in [4.69, 9.17) is 11.6 Å². The molecule has 0 aliphatic carbocycles. The minimum Gasteiger partial charge on any atom is -0.294 e. The van der Waals surface area contributed by atoms with Gasteiger partial charge in [0.15, 0.2) is 5.78 Å². The number of carbonyl (C=O) groups is 1. The molecule has 0 radical (unpaired) electrons. The van der Waals surface area contributed by atoms with Crippen LogP contribution in [0.1, 0.15) is 33.5 Å². The number of sulfonamides is 1. The Hall–Kier alpha value is -2.91. The number of Topliss-reactive ketones (excluding diaryl/α,β-unsaturated/α-hetero) is 1. The predicted molar refractivity (Wildman–Crippen MR) is 120 cm³/mol. The van der Waals surface area contributed by atoms with Crippen LogP contribution in [-0.4, -0.2) is 20.7 Å². The van der Waals surface area contributed by atoms with Gasteiger partial charge in [0, 0.05) is 18.5 Å². The zero-order valence-electron chi connectivity index (χ0n) is 17.6. The highest BCUT2D eigenvalue weighted by Crippen LogP contribution is 2.37. The maximum absolute atomic E-state index is 13.4. The van der Waals surface area contributed by atoms with Gasteiger partial charge in [-0.25, -0.2) is 12.8 Å². The number of halogens is 5. The number of nitrogens with zero attached hydrogens (tertiary/aromatic N) is 1. The number of hydrogen-bond acceptors (Lipinski definition) is 3. The van der Waals surface area contributed by atoms with Crippen LogP contribution in [0, 0.1) is 5.82 Å². The molecule has 4 nitrogen and oxygen atoms in total. The summed E-state index contributed by atoms with van der Waals surface area (Å²) >= 11 is 5.94. The Morgan fingerprint density at radius 2 is 1.74 bits per heavy atom. The summed E-state index contributed by atoms with van der Waals surface area (Å²) in [5.74, 6) is -1.40. The van der Waals surface area contributed by atoms with Crippen molar-refractivity contribution in [3.8, 4) is 0 Å². The fraction of sp³-hybridized carbons (Fsp3) is 0.208. The minimum absolute atomic E-state index is 0.0888. The third-order valence-electron chi connectivity index (χ3n) is 5.59. The summed E-state index contributed by atoms with van der Waals surface area (Å²) in [6, 6.07) is 12.3. The molecule has 0 unspecified atom stereocenters. The Labute approximate surface area is 198 Å². The van der Waals surface area contributed by atoms with Crippen molar-refractivity contribution in [2.75, 3.05) is 10.8 Å². The molecule has 34 heavy (non-hydrogen) atoms. The Bertz CT molecular complexity index is 1360. The maximum Gasteiger partial charge on any atom is 0.417 e. The zero-order valence-corrected chi connectivity index (χ0v) is 19.1. The van der Waals surface area contributed by atoms with Gasteiger partial charge >= 0.3 is 6.18 Å². The summed E-state index contributed by atoms with van der Waals surface area (Å²) in [7, 11) is -4.01. The van der Waals surface area contributed by atoms with E-state index in [0.29, 0.717) is 24.1 Å². The molecule has 0 saturated carbocycles. The molecule has 0 N–H and O–H groups in total. The second-order valence-corrected chi connectivity index (χ2v) is 10.1. The van der Waals surface area contributed by atoms with E-state index in [9.17, 15) is 30.8 Å². The fourth-order valence-corrected chi connectivity index (χ4v) is 5.81. The monoisotopic (exact) mass is 511 g/mol. The Morgan fingerprint density at radius 1 is 1.03 bits per heavy atom. The van der Waals surface area contributed by atoms with Crippen LogP contribution < -0.4 is 4.31 Å². The minimum atomic E-state index is -4.76. The van der Waals surface area contributed by atoms with E-state index >= 15 is 0 Å². The smallest absolute Gasteiger partial charge is 0.294 e. The number of fused-ring (bicyclic) bond motifs is 1. The predicted octanol–water partition coefficient (Wildman–Crippen LogP) is 6.06. The van der Waals surface area contributed by atoms with Gasteiger partial charge in [-0.1, -0.05) is 29.8 Å². The van der Waals surface area contributed by atoms with E-state index < -0.39 is 45.3 Å². The van der Waals surface area contributed by atoms with Gasteiger partial charge in [0.25, 0.3) is 10.0 Å². The highest BCUT2D eigenvalue weighted by molar-refractivity contribution is 7.92. The van der Waals surface area contributed by atoms with E-state index in [-0.39, 0.29) is 16.5 Å². The molecule has 0 fully saturated rings. The van der Waals surface area contributed by atoms with E-state index in [0.717, 1.165) is 29.8 Å². The number of rotatable bonds is 5. The summed E-state index contributed by atoms with van der Waals surface area (Å²) in [5, 5.41) is -0.307. The molecular weight excluding hydrogens is 494 g/mol. The van der Waals surface area contributed by atoms with E-state index in [1.807, 2.05) is 0 Å². The molecular formula is C24H18ClF4NO3S. The van der Waals surface area contributed by atoms with Crippen molar-refractivity contribution in [3.05, 3.63) is 93.8 Å². The van der Waals surface area contributed by atoms with Crippen LogP contribution in [0.3, 0.4) is 0 Å². The lowest BCUT2D eigenvalue weighted by atomic mass is 9.95. The lowest BCUT2D eigenvalue weighted by Crippen LogP contribution is -2.35. The number of ketones is 1. The summed E-state index contributed by atoms with van der Waals surface area (Å²) in [6.07, 6.45) is -4.00. The van der Waals surface area contributed by atoms with Gasteiger partial charge in [0.1, 0.15) is 5.82 Å². The molecule has 4 rings (SSSR count). The normalized spacial score (nSPS) is 14.1. The summed E-state index contributed by atoms with van der Waals surface area (Å²) in [6.45, 7) is 0.173. The molecule has 0 atom stereocenters. The molecule has 10 heteroatoms. The Morgan fingerprint density at radius 3 is 2.41 bits per heavy atom. The third-order valence-corrected chi connectivity index (χ3v) is 7.73. The average Bonchev–Trinajstić information content (AvgIpc) is 2.78. The van der Waals surface area contributed by atoms with Crippen LogP contribution in [0.15, 0.2) is 65.6 Å². The molecule has 0 spiro atoms. The largest absolute Gasteiger partial charge is 0.417 e. The first-order valence-corrected chi connectivity index (χ1v) is 12.1. The zero-order chi connectivity index (χ0) is 24.7. The highest BCUT2D eigenvalue weighted by atomic mass is 35.5. The first kappa shape index (κ1) is 24.2. The first-order valence-electron chi connectivity index (χ1n) is 10.3. The molecule has 3 aromatic rings. The van der Waals surface area contributed by atoms with Gasteiger partial charge in [-0.3, -0.25) is 9.10 Å². The number of hydrogen-bond donors (Lipinski definition) is 0. The van der Waals surface area contributed by atoms with Gasteiger partial charge in [0.2, 0.25) is 0 Å². The van der Waals surface area contributed by atoms with Crippen LogP contribution in [0.2, 0.25) is 5.02 Å². The van der Waals surface area contributed by atoms with Crippen molar-refractivity contribution in [1.82, 2.24) is 0 Å². The SMILES string of the molecule is O=C(Cc1ccc2c(c1)N(S(=O)(=O)c1ccc(F)cc1)CCC2)c1c(Cl)cccc1C(F)(F)F. The number of anilines is 1. The van der Waals surface area contributed by atoms with Gasteiger partial charge < -0.3 is 0 Å². The van der Waals surface area contributed by atoms with Gasteiger partial charge in [0.05, 0.1) is 21.2 Å². The van der Waals surface area contributed by atoms with Crippen molar-refractivity contribution >= 4 is 33.1 Å². The van der Waals surface area contributed by atoms with Crippen molar-refractivity contribution in [3.63, 3.8) is 0 Å². The van der Waals surface area contributed by atoms with Gasteiger partial charge in [-0.2, -0.15) is 13.2 Å². The maximum atomic E-state index is 13.4. The Balaban J connectivity index is 1.69. The number of carbonyl (C=O) groups excluding carboxylic acids is 1. The van der Waals surface area contributed by atoms with E-state index in [2.05, 4.69) is 0 Å². The molecule has 0 bridgehead atoms. The second kappa shape index (κ2) is 9.03. The van der Waals surface area contributed by atoms with E-state index in [1.54, 1.807) is 12.1 Å². The lowest BCUT2D eigenvalue weighted by Gasteiger charge is -2.31. The third kappa shape index (κ3) is 4.67. The standard InChI is InChI=1S/C24H18ClF4NO3S/c25-20-5-1-4-19(24(27,28)29)23(20)22(31)14-15-6-7-16-3-2-12-30(21(16)13-15)34(32,33)18-10-8-17(26)9-11-18/h1,4-11,13H,2-3,12,14H2. The second-order valence-electron chi connectivity index (χ2n) is 7.86. The molecule has 0 aromatic heterocycles. The van der Waals surface area contributed by atoms with Crippen molar-refractivity contribution in [2.24, 2.45) is 0 Å². The van der Waals surface area contributed by atoms with Crippen molar-refractivity contribution in [2.45, 2.75) is 30.3 Å². The van der Waals surface area contributed by atoms with Gasteiger partial charge in [-0.15, -0.1) is 0 Å². The topological polar surface area (TPSA) is 54.5 Å². The summed E-state index contributed by atoms with van der Waals surface area (Å²) in [4.78, 5) is 12.8. The molecule has 3 aromatic carbocycles.